The Labute approximate surface area is 125 Å². The molecule has 1 heterocycles. The van der Waals surface area contributed by atoms with Crippen molar-refractivity contribution in [3.63, 3.8) is 0 Å². The molecule has 1 unspecified atom stereocenters. The highest BCUT2D eigenvalue weighted by Gasteiger charge is 2.08. The Hall–Kier alpha value is -1.17. The highest BCUT2D eigenvalue weighted by atomic mass is 79.9. The molecule has 2 rings (SSSR count). The molecular formula is C14H15BrN2OS. The minimum absolute atomic E-state index is 0.272. The first kappa shape index (κ1) is 14.2. The third kappa shape index (κ3) is 3.89. The largest absolute Gasteiger partial charge is 0.366 e. The summed E-state index contributed by atoms with van der Waals surface area (Å²) in [6, 6.07) is 11.8. The highest BCUT2D eigenvalue weighted by Crippen LogP contribution is 2.27. The summed E-state index contributed by atoms with van der Waals surface area (Å²) in [6.07, 6.45) is 0. The number of nitrogens with two attached hydrogens (primary N) is 1. The summed E-state index contributed by atoms with van der Waals surface area (Å²) in [5.41, 5.74) is 6.87. The molecule has 1 atom stereocenters. The second-order valence-corrected chi connectivity index (χ2v) is 6.80. The number of benzene rings is 1. The zero-order valence-electron chi connectivity index (χ0n) is 10.5. The summed E-state index contributed by atoms with van der Waals surface area (Å²) in [4.78, 5) is 12.4. The first-order valence-corrected chi connectivity index (χ1v) is 7.54. The van der Waals surface area contributed by atoms with Gasteiger partial charge in [-0.05, 0) is 52.7 Å². The number of amides is 1. The van der Waals surface area contributed by atoms with Crippen molar-refractivity contribution < 1.29 is 4.79 Å². The monoisotopic (exact) mass is 338 g/mol. The number of hydrogen-bond acceptors (Lipinski definition) is 3. The second kappa shape index (κ2) is 6.32. The van der Waals surface area contributed by atoms with Gasteiger partial charge in [0.05, 0.1) is 3.79 Å². The fraction of sp³-hybridized carbons (Fsp3) is 0.214. The maximum Gasteiger partial charge on any atom is 0.248 e. The predicted molar refractivity (Wildman–Crippen MR) is 82.2 cm³/mol. The summed E-state index contributed by atoms with van der Waals surface area (Å²) in [5, 5.41) is 3.43. The maximum absolute atomic E-state index is 11.1. The van der Waals surface area contributed by atoms with Crippen LogP contribution >= 0.6 is 27.3 Å². The van der Waals surface area contributed by atoms with Crippen LogP contribution in [0.15, 0.2) is 40.2 Å². The van der Waals surface area contributed by atoms with Gasteiger partial charge in [-0.3, -0.25) is 4.79 Å². The number of primary amides is 1. The fourth-order valence-corrected chi connectivity index (χ4v) is 3.22. The molecule has 1 aromatic carbocycles. The maximum atomic E-state index is 11.1. The van der Waals surface area contributed by atoms with Gasteiger partial charge < -0.3 is 11.1 Å². The number of carbonyl (C=O) groups excluding carboxylic acids is 1. The van der Waals surface area contributed by atoms with Gasteiger partial charge in [-0.25, -0.2) is 0 Å². The van der Waals surface area contributed by atoms with Crippen molar-refractivity contribution in [2.24, 2.45) is 5.73 Å². The quantitative estimate of drug-likeness (QED) is 0.877. The number of hydrogen-bond donors (Lipinski definition) is 2. The van der Waals surface area contributed by atoms with E-state index in [0.29, 0.717) is 12.1 Å². The Morgan fingerprint density at radius 2 is 2.21 bits per heavy atom. The van der Waals surface area contributed by atoms with Crippen LogP contribution in [0.25, 0.3) is 0 Å². The molecule has 3 nitrogen and oxygen atoms in total. The molecule has 100 valence electrons. The molecule has 0 saturated heterocycles. The van der Waals surface area contributed by atoms with Crippen LogP contribution in [-0.2, 0) is 6.54 Å². The Morgan fingerprint density at radius 3 is 2.84 bits per heavy atom. The molecule has 0 radical (unpaired) electrons. The molecule has 0 bridgehead atoms. The van der Waals surface area contributed by atoms with Gasteiger partial charge in [-0.2, -0.15) is 0 Å². The van der Waals surface area contributed by atoms with Crippen LogP contribution in [0, 0.1) is 0 Å². The van der Waals surface area contributed by atoms with E-state index >= 15 is 0 Å². The first-order valence-electron chi connectivity index (χ1n) is 5.93. The number of nitrogens with one attached hydrogen (secondary N) is 1. The van der Waals surface area contributed by atoms with Gasteiger partial charge in [-0.1, -0.05) is 12.1 Å². The lowest BCUT2D eigenvalue weighted by molar-refractivity contribution is 0.1000. The van der Waals surface area contributed by atoms with Crippen LogP contribution in [0.1, 0.15) is 33.8 Å². The predicted octanol–water partition coefficient (Wildman–Crippen LogP) is 3.46. The summed E-state index contributed by atoms with van der Waals surface area (Å²) in [6.45, 7) is 2.83. The molecule has 19 heavy (non-hydrogen) atoms. The molecule has 1 aromatic heterocycles. The fourth-order valence-electron chi connectivity index (χ4n) is 1.77. The molecule has 0 aliphatic heterocycles. The summed E-state index contributed by atoms with van der Waals surface area (Å²) in [7, 11) is 0. The zero-order valence-corrected chi connectivity index (χ0v) is 12.9. The van der Waals surface area contributed by atoms with Gasteiger partial charge in [0.1, 0.15) is 0 Å². The van der Waals surface area contributed by atoms with Crippen LogP contribution in [-0.4, -0.2) is 5.91 Å². The van der Waals surface area contributed by atoms with Crippen LogP contribution in [0.4, 0.5) is 0 Å². The van der Waals surface area contributed by atoms with E-state index in [2.05, 4.69) is 34.2 Å². The summed E-state index contributed by atoms with van der Waals surface area (Å²) in [5.74, 6) is -0.392. The lowest BCUT2D eigenvalue weighted by atomic mass is 10.1. The molecule has 0 aliphatic carbocycles. The van der Waals surface area contributed by atoms with E-state index in [4.69, 9.17) is 5.73 Å². The number of carbonyl (C=O) groups is 1. The third-order valence-corrected chi connectivity index (χ3v) is 4.65. The Bertz CT molecular complexity index is 582. The van der Waals surface area contributed by atoms with E-state index in [1.165, 1.54) is 4.88 Å². The van der Waals surface area contributed by atoms with Crippen molar-refractivity contribution in [1.82, 2.24) is 5.32 Å². The standard InChI is InChI=1S/C14H15BrN2OS/c1-9(12-5-6-13(15)19-12)17-8-10-3-2-4-11(7-10)14(16)18/h2-7,9,17H,8H2,1H3,(H2,16,18). The van der Waals surface area contributed by atoms with Crippen molar-refractivity contribution >= 4 is 33.2 Å². The van der Waals surface area contributed by atoms with Crippen LogP contribution in [0.5, 0.6) is 0 Å². The normalized spacial score (nSPS) is 12.3. The Morgan fingerprint density at radius 1 is 1.42 bits per heavy atom. The summed E-state index contributed by atoms with van der Waals surface area (Å²) < 4.78 is 1.13. The highest BCUT2D eigenvalue weighted by molar-refractivity contribution is 9.11. The Balaban J connectivity index is 1.98. The van der Waals surface area contributed by atoms with E-state index in [0.717, 1.165) is 9.35 Å². The van der Waals surface area contributed by atoms with Crippen LogP contribution in [0.2, 0.25) is 0 Å². The van der Waals surface area contributed by atoms with Crippen LogP contribution < -0.4 is 11.1 Å². The molecule has 2 aromatic rings. The first-order chi connectivity index (χ1) is 9.06. The zero-order chi connectivity index (χ0) is 13.8. The second-order valence-electron chi connectivity index (χ2n) is 4.31. The summed E-state index contributed by atoms with van der Waals surface area (Å²) >= 11 is 5.18. The molecular weight excluding hydrogens is 324 g/mol. The number of rotatable bonds is 5. The minimum Gasteiger partial charge on any atom is -0.366 e. The minimum atomic E-state index is -0.392. The molecule has 0 spiro atoms. The molecule has 0 saturated carbocycles. The Kier molecular flexibility index (Phi) is 4.74. The van der Waals surface area contributed by atoms with Gasteiger partial charge in [0.2, 0.25) is 5.91 Å². The average molecular weight is 339 g/mol. The third-order valence-electron chi connectivity index (χ3n) is 2.84. The van der Waals surface area contributed by atoms with E-state index < -0.39 is 5.91 Å². The molecule has 3 N–H and O–H groups in total. The van der Waals surface area contributed by atoms with E-state index in [9.17, 15) is 4.79 Å². The molecule has 0 fully saturated rings. The lowest BCUT2D eigenvalue weighted by Gasteiger charge is -2.12. The van der Waals surface area contributed by atoms with Crippen molar-refractivity contribution in [3.8, 4) is 0 Å². The van der Waals surface area contributed by atoms with Crippen LogP contribution in [0.3, 0.4) is 0 Å². The number of halogens is 1. The molecule has 1 amide bonds. The topological polar surface area (TPSA) is 55.1 Å². The van der Waals surface area contributed by atoms with Gasteiger partial charge in [0, 0.05) is 23.0 Å². The van der Waals surface area contributed by atoms with Crippen molar-refractivity contribution in [2.75, 3.05) is 0 Å². The van der Waals surface area contributed by atoms with Gasteiger partial charge in [-0.15, -0.1) is 11.3 Å². The average Bonchev–Trinajstić information content (AvgIpc) is 2.83. The van der Waals surface area contributed by atoms with E-state index in [-0.39, 0.29) is 6.04 Å². The van der Waals surface area contributed by atoms with Gasteiger partial charge in [0.15, 0.2) is 0 Å². The van der Waals surface area contributed by atoms with Crippen molar-refractivity contribution in [3.05, 3.63) is 56.2 Å². The SMILES string of the molecule is CC(NCc1cccc(C(N)=O)c1)c1ccc(Br)s1. The van der Waals surface area contributed by atoms with Gasteiger partial charge in [0.25, 0.3) is 0 Å². The van der Waals surface area contributed by atoms with Gasteiger partial charge >= 0.3 is 0 Å². The number of thiophene rings is 1. The molecule has 0 aliphatic rings. The lowest BCUT2D eigenvalue weighted by Crippen LogP contribution is -2.18. The van der Waals surface area contributed by atoms with Crippen molar-refractivity contribution in [1.29, 1.82) is 0 Å². The van der Waals surface area contributed by atoms with E-state index in [1.807, 2.05) is 24.3 Å². The smallest absolute Gasteiger partial charge is 0.248 e. The molecule has 5 heteroatoms. The van der Waals surface area contributed by atoms with E-state index in [1.54, 1.807) is 17.4 Å². The van der Waals surface area contributed by atoms with Crippen molar-refractivity contribution in [2.45, 2.75) is 19.5 Å².